The maximum Gasteiger partial charge on any atom is 0.273 e. The molecule has 3 aromatic heterocycles. The lowest BCUT2D eigenvalue weighted by molar-refractivity contribution is 0.0945. The quantitative estimate of drug-likeness (QED) is 0.278. The van der Waals surface area contributed by atoms with Crippen LogP contribution in [0.4, 0.5) is 10.1 Å². The molecule has 0 saturated heterocycles. The number of ether oxygens (including phenoxy) is 1. The number of rotatable bonds is 8. The van der Waals surface area contributed by atoms with Crippen molar-refractivity contribution in [3.63, 3.8) is 0 Å². The van der Waals surface area contributed by atoms with Crippen molar-refractivity contribution >= 4 is 17.2 Å². The molecule has 1 aliphatic rings. The molecule has 11 heteroatoms. The van der Waals surface area contributed by atoms with Gasteiger partial charge in [0, 0.05) is 24.5 Å². The molecule has 0 spiro atoms. The van der Waals surface area contributed by atoms with Crippen LogP contribution in [0, 0.1) is 5.82 Å². The minimum absolute atomic E-state index is 0.0564. The van der Waals surface area contributed by atoms with E-state index in [4.69, 9.17) is 10.6 Å². The number of amides is 1. The molecular formula is C22H23FN8O2. The number of hydrogen-bond donors (Lipinski definition) is 3. The fraction of sp³-hybridized carbons (Fsp3) is 0.273. The number of nitrogen functional groups attached to an aromatic ring is 1. The van der Waals surface area contributed by atoms with Crippen molar-refractivity contribution in [2.24, 2.45) is 5.84 Å². The van der Waals surface area contributed by atoms with E-state index in [-0.39, 0.29) is 23.6 Å². The largest absolute Gasteiger partial charge is 0.494 e. The van der Waals surface area contributed by atoms with E-state index < -0.39 is 11.7 Å². The van der Waals surface area contributed by atoms with Gasteiger partial charge in [-0.25, -0.2) is 14.1 Å². The van der Waals surface area contributed by atoms with Crippen LogP contribution < -0.4 is 21.3 Å². The van der Waals surface area contributed by atoms with E-state index in [9.17, 15) is 9.18 Å². The molecule has 0 bridgehead atoms. The van der Waals surface area contributed by atoms with Gasteiger partial charge in [-0.3, -0.25) is 10.6 Å². The lowest BCUT2D eigenvalue weighted by Gasteiger charge is -2.13. The zero-order chi connectivity index (χ0) is 22.9. The van der Waals surface area contributed by atoms with Crippen LogP contribution in [0.2, 0.25) is 0 Å². The van der Waals surface area contributed by atoms with Gasteiger partial charge in [-0.05, 0) is 42.5 Å². The number of nitrogens with two attached hydrogens (primary N) is 1. The van der Waals surface area contributed by atoms with Gasteiger partial charge in [0.05, 0.1) is 31.2 Å². The summed E-state index contributed by atoms with van der Waals surface area (Å²) in [7, 11) is 1.36. The van der Waals surface area contributed by atoms with Crippen LogP contribution in [0.15, 0.2) is 42.9 Å². The minimum atomic E-state index is -0.603. The number of carbonyl (C=O) groups is 1. The van der Waals surface area contributed by atoms with E-state index in [0.29, 0.717) is 18.2 Å². The molecule has 0 radical (unpaired) electrons. The first-order valence-corrected chi connectivity index (χ1v) is 10.5. The Morgan fingerprint density at radius 3 is 2.85 bits per heavy atom. The van der Waals surface area contributed by atoms with Gasteiger partial charge in [0.1, 0.15) is 5.65 Å². The van der Waals surface area contributed by atoms with E-state index >= 15 is 0 Å². The molecule has 1 amide bonds. The fourth-order valence-electron chi connectivity index (χ4n) is 3.77. The molecule has 170 valence electrons. The highest BCUT2D eigenvalue weighted by Crippen LogP contribution is 2.39. The standard InChI is InChI=1S/C22H23FN8O2/c1-33-19-6-5-17(27-24)16(21(19)23)8-25-22(32)18-12-31(29-28-18)11-15-10-30-9-14(13-2-3-13)4-7-20(30)26-15/h4-7,9-10,12-13,27H,2-3,8,11,24H2,1H3,(H,25,32). The van der Waals surface area contributed by atoms with Crippen LogP contribution in [-0.2, 0) is 13.1 Å². The van der Waals surface area contributed by atoms with Crippen LogP contribution >= 0.6 is 0 Å². The molecule has 1 saturated carbocycles. The molecule has 3 heterocycles. The number of aromatic nitrogens is 5. The Labute approximate surface area is 188 Å². The summed E-state index contributed by atoms with van der Waals surface area (Å²) in [5.74, 6) is 5.08. The van der Waals surface area contributed by atoms with Gasteiger partial charge >= 0.3 is 0 Å². The third-order valence-electron chi connectivity index (χ3n) is 5.68. The zero-order valence-electron chi connectivity index (χ0n) is 18.0. The Morgan fingerprint density at radius 2 is 2.09 bits per heavy atom. The molecule has 10 nitrogen and oxygen atoms in total. The molecule has 0 atom stereocenters. The van der Waals surface area contributed by atoms with Crippen molar-refractivity contribution < 1.29 is 13.9 Å². The summed E-state index contributed by atoms with van der Waals surface area (Å²) < 4.78 is 23.1. The number of hydrazine groups is 1. The van der Waals surface area contributed by atoms with Crippen LogP contribution in [-0.4, -0.2) is 37.4 Å². The van der Waals surface area contributed by atoms with Gasteiger partial charge in [-0.15, -0.1) is 5.10 Å². The van der Waals surface area contributed by atoms with Crippen LogP contribution in [0.1, 0.15) is 46.1 Å². The average molecular weight is 450 g/mol. The Hall–Kier alpha value is -3.99. The SMILES string of the molecule is COc1ccc(NN)c(CNC(=O)c2cn(Cc3cn4cc(C5CC5)ccc4n3)nn2)c1F. The highest BCUT2D eigenvalue weighted by Gasteiger charge is 2.24. The Kier molecular flexibility index (Phi) is 5.38. The number of halogens is 1. The first-order valence-electron chi connectivity index (χ1n) is 10.5. The first kappa shape index (κ1) is 20.9. The molecule has 1 fully saturated rings. The van der Waals surface area contributed by atoms with Crippen LogP contribution in [0.25, 0.3) is 5.65 Å². The number of benzene rings is 1. The van der Waals surface area contributed by atoms with Gasteiger partial charge in [0.25, 0.3) is 5.91 Å². The van der Waals surface area contributed by atoms with E-state index in [0.717, 1.165) is 11.3 Å². The molecule has 1 aromatic carbocycles. The maximum absolute atomic E-state index is 14.6. The number of nitrogens with one attached hydrogen (secondary N) is 2. The predicted octanol–water partition coefficient (Wildman–Crippen LogP) is 2.21. The van der Waals surface area contributed by atoms with E-state index in [1.54, 1.807) is 6.07 Å². The molecule has 0 aliphatic heterocycles. The summed E-state index contributed by atoms with van der Waals surface area (Å²) in [6.45, 7) is 0.260. The zero-order valence-corrected chi connectivity index (χ0v) is 18.0. The molecule has 33 heavy (non-hydrogen) atoms. The summed E-state index contributed by atoms with van der Waals surface area (Å²) in [4.78, 5) is 17.2. The van der Waals surface area contributed by atoms with Crippen molar-refractivity contribution in [1.82, 2.24) is 29.7 Å². The average Bonchev–Trinajstić information content (AvgIpc) is 3.44. The number of pyridine rings is 1. The van der Waals surface area contributed by atoms with Crippen molar-refractivity contribution in [3.05, 3.63) is 71.2 Å². The van der Waals surface area contributed by atoms with Gasteiger partial charge in [-0.2, -0.15) is 0 Å². The number of nitrogens with zero attached hydrogens (tertiary/aromatic N) is 5. The molecule has 4 N–H and O–H groups in total. The third kappa shape index (κ3) is 4.22. The second kappa shape index (κ2) is 8.51. The van der Waals surface area contributed by atoms with Crippen LogP contribution in [0.3, 0.4) is 0 Å². The molecule has 1 aliphatic carbocycles. The summed E-state index contributed by atoms with van der Waals surface area (Å²) in [6, 6.07) is 7.16. The van der Waals surface area contributed by atoms with Gasteiger partial charge in [-0.1, -0.05) is 11.3 Å². The van der Waals surface area contributed by atoms with Crippen molar-refractivity contribution in [2.45, 2.75) is 31.8 Å². The molecule has 4 aromatic rings. The normalized spacial score (nSPS) is 13.3. The fourth-order valence-corrected chi connectivity index (χ4v) is 3.77. The summed E-state index contributed by atoms with van der Waals surface area (Å²) in [6.07, 6.45) is 8.08. The van der Waals surface area contributed by atoms with Crippen molar-refractivity contribution in [3.8, 4) is 5.75 Å². The smallest absolute Gasteiger partial charge is 0.273 e. The van der Waals surface area contributed by atoms with Crippen molar-refractivity contribution in [2.75, 3.05) is 12.5 Å². The number of imidazole rings is 1. The van der Waals surface area contributed by atoms with E-state index in [1.165, 1.54) is 42.5 Å². The summed E-state index contributed by atoms with van der Waals surface area (Å²) >= 11 is 0. The first-order chi connectivity index (χ1) is 16.1. The lowest BCUT2D eigenvalue weighted by Crippen LogP contribution is -2.25. The topological polar surface area (TPSA) is 124 Å². The van der Waals surface area contributed by atoms with Gasteiger partial charge in [0.2, 0.25) is 0 Å². The highest BCUT2D eigenvalue weighted by atomic mass is 19.1. The third-order valence-corrected chi connectivity index (χ3v) is 5.68. The number of hydrogen-bond acceptors (Lipinski definition) is 7. The summed E-state index contributed by atoms with van der Waals surface area (Å²) in [5.41, 5.74) is 6.03. The monoisotopic (exact) mass is 450 g/mol. The Balaban J connectivity index is 1.26. The molecule has 0 unspecified atom stereocenters. The minimum Gasteiger partial charge on any atom is -0.494 e. The molecule has 5 rings (SSSR count). The number of methoxy groups -OCH3 is 1. The molecular weight excluding hydrogens is 427 g/mol. The highest BCUT2D eigenvalue weighted by molar-refractivity contribution is 5.91. The number of fused-ring (bicyclic) bond motifs is 1. The summed E-state index contributed by atoms with van der Waals surface area (Å²) in [5, 5.41) is 10.6. The van der Waals surface area contributed by atoms with Gasteiger partial charge in [0.15, 0.2) is 17.3 Å². The van der Waals surface area contributed by atoms with Gasteiger partial charge < -0.3 is 19.9 Å². The lowest BCUT2D eigenvalue weighted by atomic mass is 10.1. The van der Waals surface area contributed by atoms with E-state index in [1.807, 2.05) is 16.7 Å². The predicted molar refractivity (Wildman–Crippen MR) is 118 cm³/mol. The van der Waals surface area contributed by atoms with Crippen molar-refractivity contribution in [1.29, 1.82) is 0 Å². The number of carbonyl (C=O) groups excluding carboxylic acids is 1. The number of anilines is 1. The van der Waals surface area contributed by atoms with Crippen LogP contribution in [0.5, 0.6) is 5.75 Å². The maximum atomic E-state index is 14.6. The Morgan fingerprint density at radius 1 is 1.24 bits per heavy atom. The van der Waals surface area contributed by atoms with E-state index in [2.05, 4.69) is 38.3 Å². The Bertz CT molecular complexity index is 1330. The second-order valence-corrected chi connectivity index (χ2v) is 7.97. The second-order valence-electron chi connectivity index (χ2n) is 7.97.